The Labute approximate surface area is 212 Å². The molecule has 0 radical (unpaired) electrons. The first-order valence-corrected chi connectivity index (χ1v) is 12.5. The number of nitrogens with zero attached hydrogens (tertiary/aromatic N) is 2. The molecule has 2 N–H and O–H groups in total. The van der Waals surface area contributed by atoms with E-state index >= 15 is 0 Å². The van der Waals surface area contributed by atoms with Gasteiger partial charge in [0, 0.05) is 42.4 Å². The van der Waals surface area contributed by atoms with Crippen molar-refractivity contribution < 1.29 is 9.59 Å². The molecule has 6 nitrogen and oxygen atoms in total. The first kappa shape index (κ1) is 25.0. The van der Waals surface area contributed by atoms with Crippen LogP contribution in [0.25, 0.3) is 10.9 Å². The molecule has 36 heavy (non-hydrogen) atoms. The average Bonchev–Trinajstić information content (AvgIpc) is 3.31. The molecule has 0 aliphatic heterocycles. The van der Waals surface area contributed by atoms with Gasteiger partial charge in [-0.05, 0) is 48.6 Å². The Morgan fingerprint density at radius 3 is 2.36 bits per heavy atom. The zero-order valence-corrected chi connectivity index (χ0v) is 21.0. The fourth-order valence-corrected chi connectivity index (χ4v) is 4.38. The van der Waals surface area contributed by atoms with Crippen molar-refractivity contribution in [2.75, 3.05) is 25.0 Å². The number of rotatable bonds is 10. The van der Waals surface area contributed by atoms with Crippen LogP contribution in [0.3, 0.4) is 0 Å². The number of carbonyl (C=O) groups is 2. The van der Waals surface area contributed by atoms with Crippen molar-refractivity contribution in [2.24, 2.45) is 0 Å². The van der Waals surface area contributed by atoms with Gasteiger partial charge in [0.05, 0.1) is 0 Å². The number of fused-ring (bicyclic) bond motifs is 1. The predicted molar refractivity (Wildman–Crippen MR) is 146 cm³/mol. The van der Waals surface area contributed by atoms with Crippen molar-refractivity contribution >= 4 is 28.5 Å². The molecule has 0 saturated heterocycles. The second kappa shape index (κ2) is 12.1. The second-order valence-electron chi connectivity index (χ2n) is 9.08. The minimum absolute atomic E-state index is 0.0340. The summed E-state index contributed by atoms with van der Waals surface area (Å²) in [6, 6.07) is 25.6. The van der Waals surface area contributed by atoms with E-state index in [9.17, 15) is 9.59 Å². The Morgan fingerprint density at radius 2 is 1.58 bits per heavy atom. The van der Waals surface area contributed by atoms with Crippen molar-refractivity contribution in [3.05, 3.63) is 102 Å². The molecule has 0 saturated carbocycles. The van der Waals surface area contributed by atoms with Gasteiger partial charge in [-0.1, -0.05) is 73.7 Å². The van der Waals surface area contributed by atoms with Crippen LogP contribution < -0.4 is 5.32 Å². The molecule has 3 aromatic carbocycles. The number of aryl methyl sites for hydroxylation is 1. The van der Waals surface area contributed by atoms with Crippen LogP contribution in [0, 0.1) is 6.92 Å². The van der Waals surface area contributed by atoms with Gasteiger partial charge in [0.2, 0.25) is 5.91 Å². The van der Waals surface area contributed by atoms with E-state index in [4.69, 9.17) is 0 Å². The number of H-pyrrole nitrogens is 1. The number of aromatic nitrogens is 1. The number of hydrogen-bond donors (Lipinski definition) is 2. The van der Waals surface area contributed by atoms with Crippen molar-refractivity contribution in [1.82, 2.24) is 14.8 Å². The van der Waals surface area contributed by atoms with E-state index < -0.39 is 0 Å². The van der Waals surface area contributed by atoms with Crippen molar-refractivity contribution in [2.45, 2.75) is 33.2 Å². The summed E-state index contributed by atoms with van der Waals surface area (Å²) in [6.07, 6.45) is 3.52. The normalized spacial score (nSPS) is 10.8. The minimum Gasteiger partial charge on any atom is -0.361 e. The second-order valence-corrected chi connectivity index (χ2v) is 9.08. The van der Waals surface area contributed by atoms with Gasteiger partial charge in [0.1, 0.15) is 6.54 Å². The van der Waals surface area contributed by atoms with Crippen LogP contribution in [0.5, 0.6) is 0 Å². The highest BCUT2D eigenvalue weighted by Crippen LogP contribution is 2.19. The summed E-state index contributed by atoms with van der Waals surface area (Å²) in [5.41, 5.74) is 5.08. The van der Waals surface area contributed by atoms with E-state index in [1.165, 1.54) is 10.9 Å². The number of anilines is 1. The number of hydrogen-bond acceptors (Lipinski definition) is 2. The molecule has 0 aliphatic rings. The Hall–Kier alpha value is -4.06. The minimum atomic E-state index is -0.254. The summed E-state index contributed by atoms with van der Waals surface area (Å²) in [6.45, 7) is 5.57. The number of carbonyl (C=O) groups excluding carboxylic acids is 2. The third-order valence-corrected chi connectivity index (χ3v) is 6.39. The maximum Gasteiger partial charge on any atom is 0.322 e. The highest BCUT2D eigenvalue weighted by Gasteiger charge is 2.22. The third kappa shape index (κ3) is 6.33. The summed E-state index contributed by atoms with van der Waals surface area (Å²) in [7, 11) is 0. The molecule has 6 heteroatoms. The Kier molecular flexibility index (Phi) is 8.40. The molecule has 4 rings (SSSR count). The van der Waals surface area contributed by atoms with Gasteiger partial charge in [0.25, 0.3) is 0 Å². The summed E-state index contributed by atoms with van der Waals surface area (Å²) in [5, 5.41) is 4.15. The smallest absolute Gasteiger partial charge is 0.322 e. The van der Waals surface area contributed by atoms with Gasteiger partial charge in [0.15, 0.2) is 0 Å². The first-order chi connectivity index (χ1) is 17.5. The lowest BCUT2D eigenvalue weighted by Gasteiger charge is -2.28. The van der Waals surface area contributed by atoms with Crippen LogP contribution in [-0.2, 0) is 17.8 Å². The largest absolute Gasteiger partial charge is 0.361 e. The van der Waals surface area contributed by atoms with Crippen molar-refractivity contribution in [3.8, 4) is 0 Å². The van der Waals surface area contributed by atoms with Gasteiger partial charge in [-0.3, -0.25) is 4.79 Å². The maximum atomic E-state index is 13.6. The maximum absolute atomic E-state index is 13.6. The molecule has 1 aromatic heterocycles. The van der Waals surface area contributed by atoms with E-state index in [0.29, 0.717) is 19.6 Å². The highest BCUT2D eigenvalue weighted by molar-refractivity contribution is 5.93. The van der Waals surface area contributed by atoms with E-state index in [0.717, 1.165) is 35.2 Å². The number of nitrogens with one attached hydrogen (secondary N) is 2. The molecule has 4 aromatic rings. The number of amides is 3. The standard InChI is InChI=1S/C30H34N4O2/c1-3-18-34(30(36)32-27-15-9-7-11-23(27)2)22-29(35)33(21-24-12-5-4-6-13-24)19-17-25-20-31-28-16-10-8-14-26(25)28/h4-16,20,31H,3,17-19,21-22H2,1-2H3,(H,32,36). The summed E-state index contributed by atoms with van der Waals surface area (Å²) in [4.78, 5) is 33.5. The molecule has 3 amide bonds. The zero-order chi connectivity index (χ0) is 25.3. The molecule has 1 heterocycles. The molecule has 0 aliphatic carbocycles. The molecule has 186 valence electrons. The molecule has 0 unspecified atom stereocenters. The Morgan fingerprint density at radius 1 is 0.861 bits per heavy atom. The molecule has 0 atom stereocenters. The van der Waals surface area contributed by atoms with Crippen LogP contribution >= 0.6 is 0 Å². The van der Waals surface area contributed by atoms with Gasteiger partial charge in [-0.15, -0.1) is 0 Å². The van der Waals surface area contributed by atoms with Gasteiger partial charge < -0.3 is 20.1 Å². The predicted octanol–water partition coefficient (Wildman–Crippen LogP) is 5.99. The topological polar surface area (TPSA) is 68.4 Å². The van der Waals surface area contributed by atoms with E-state index in [-0.39, 0.29) is 18.5 Å². The van der Waals surface area contributed by atoms with Crippen LogP contribution in [0.4, 0.5) is 10.5 Å². The molecule has 0 fully saturated rings. The monoisotopic (exact) mass is 482 g/mol. The summed E-state index contributed by atoms with van der Waals surface area (Å²) < 4.78 is 0. The number of urea groups is 1. The zero-order valence-electron chi connectivity index (χ0n) is 21.0. The third-order valence-electron chi connectivity index (χ3n) is 6.39. The fraction of sp³-hybridized carbons (Fsp3) is 0.267. The number of aromatic amines is 1. The average molecular weight is 483 g/mol. The summed E-state index contributed by atoms with van der Waals surface area (Å²) in [5.74, 6) is -0.0629. The number of benzene rings is 3. The molecule has 0 bridgehead atoms. The Balaban J connectivity index is 1.49. The van der Waals surface area contributed by atoms with E-state index in [1.54, 1.807) is 4.90 Å². The van der Waals surface area contributed by atoms with Gasteiger partial charge in [-0.25, -0.2) is 4.79 Å². The van der Waals surface area contributed by atoms with Gasteiger partial charge in [-0.2, -0.15) is 0 Å². The lowest BCUT2D eigenvalue weighted by atomic mass is 10.1. The molecule has 0 spiro atoms. The highest BCUT2D eigenvalue weighted by atomic mass is 16.2. The van der Waals surface area contributed by atoms with Gasteiger partial charge >= 0.3 is 6.03 Å². The van der Waals surface area contributed by atoms with E-state index in [1.807, 2.05) is 91.7 Å². The lowest BCUT2D eigenvalue weighted by Crippen LogP contribution is -2.45. The number of para-hydroxylation sites is 2. The fourth-order valence-electron chi connectivity index (χ4n) is 4.38. The van der Waals surface area contributed by atoms with E-state index in [2.05, 4.69) is 22.4 Å². The van der Waals surface area contributed by atoms with Crippen LogP contribution in [0.1, 0.15) is 30.0 Å². The lowest BCUT2D eigenvalue weighted by molar-refractivity contribution is -0.132. The van der Waals surface area contributed by atoms with Crippen LogP contribution in [0.15, 0.2) is 85.1 Å². The SMILES string of the molecule is CCCN(CC(=O)N(CCc1c[nH]c2ccccc12)Cc1ccccc1)C(=O)Nc1ccccc1C. The molecular formula is C30H34N4O2. The van der Waals surface area contributed by atoms with Crippen LogP contribution in [-0.4, -0.2) is 46.4 Å². The van der Waals surface area contributed by atoms with Crippen LogP contribution in [0.2, 0.25) is 0 Å². The van der Waals surface area contributed by atoms with Crippen molar-refractivity contribution in [3.63, 3.8) is 0 Å². The quantitative estimate of drug-likeness (QED) is 0.291. The van der Waals surface area contributed by atoms with Crippen molar-refractivity contribution in [1.29, 1.82) is 0 Å². The Bertz CT molecular complexity index is 1300. The first-order valence-electron chi connectivity index (χ1n) is 12.5. The molecular weight excluding hydrogens is 448 g/mol. The summed E-state index contributed by atoms with van der Waals surface area (Å²) >= 11 is 0.